The van der Waals surface area contributed by atoms with Crippen LogP contribution >= 0.6 is 0 Å². The molecule has 216 valence electrons. The lowest BCUT2D eigenvalue weighted by atomic mass is 9.79. The molecule has 2 N–H and O–H groups in total. The maximum atomic E-state index is 12.7. The SMILES string of the molecule is O=C(Cc1cccnc1)N1CCCC2(CCN(Cc3ccoc3)C2)C1.O=C(O)C(F)(F)F.O=C(O)C(F)(F)F. The smallest absolute Gasteiger partial charge is 0.475 e. The Kier molecular flexibility index (Phi) is 10.9. The van der Waals surface area contributed by atoms with Gasteiger partial charge in [0.2, 0.25) is 5.91 Å². The highest BCUT2D eigenvalue weighted by molar-refractivity contribution is 5.78. The van der Waals surface area contributed by atoms with E-state index in [0.29, 0.717) is 6.42 Å². The van der Waals surface area contributed by atoms with Crippen molar-refractivity contribution in [2.24, 2.45) is 5.41 Å². The molecule has 2 fully saturated rings. The van der Waals surface area contributed by atoms with Gasteiger partial charge in [-0.25, -0.2) is 9.59 Å². The fraction of sp³-hybridized carbons (Fsp3) is 0.500. The number of halogens is 6. The molecule has 1 amide bonds. The Balaban J connectivity index is 0.000000317. The van der Waals surface area contributed by atoms with E-state index in [1.807, 2.05) is 24.5 Å². The lowest BCUT2D eigenvalue weighted by Crippen LogP contribution is -2.47. The van der Waals surface area contributed by atoms with E-state index < -0.39 is 24.3 Å². The van der Waals surface area contributed by atoms with E-state index >= 15 is 0 Å². The summed E-state index contributed by atoms with van der Waals surface area (Å²) in [5.74, 6) is -5.28. The Hall–Kier alpha value is -3.62. The molecule has 2 aromatic rings. The zero-order chi connectivity index (χ0) is 29.3. The molecule has 2 aliphatic rings. The Bertz CT molecular complexity index is 1050. The predicted octanol–water partition coefficient (Wildman–Crippen LogP) is 4.00. The molecule has 4 heterocycles. The van der Waals surface area contributed by atoms with Gasteiger partial charge >= 0.3 is 24.3 Å². The molecule has 1 atom stereocenters. The average molecular weight is 567 g/mol. The fourth-order valence-corrected chi connectivity index (χ4v) is 4.35. The van der Waals surface area contributed by atoms with Gasteiger partial charge < -0.3 is 19.5 Å². The van der Waals surface area contributed by atoms with Crippen molar-refractivity contribution in [3.63, 3.8) is 0 Å². The van der Waals surface area contributed by atoms with Crippen LogP contribution in [-0.2, 0) is 27.3 Å². The first kappa shape index (κ1) is 31.6. The van der Waals surface area contributed by atoms with E-state index in [9.17, 15) is 31.1 Å². The van der Waals surface area contributed by atoms with Gasteiger partial charge in [0.1, 0.15) is 0 Å². The molecule has 2 aromatic heterocycles. The molecule has 2 aliphatic heterocycles. The predicted molar refractivity (Wildman–Crippen MR) is 122 cm³/mol. The molecule has 0 bridgehead atoms. The summed E-state index contributed by atoms with van der Waals surface area (Å²) in [5, 5.41) is 14.2. The number of hydrogen-bond acceptors (Lipinski definition) is 6. The molecule has 15 heteroatoms. The van der Waals surface area contributed by atoms with Crippen LogP contribution in [0, 0.1) is 5.41 Å². The summed E-state index contributed by atoms with van der Waals surface area (Å²) >= 11 is 0. The largest absolute Gasteiger partial charge is 0.490 e. The lowest BCUT2D eigenvalue weighted by molar-refractivity contribution is -0.193. The minimum absolute atomic E-state index is 0.236. The van der Waals surface area contributed by atoms with Crippen molar-refractivity contribution in [1.29, 1.82) is 0 Å². The van der Waals surface area contributed by atoms with Crippen LogP contribution in [0.3, 0.4) is 0 Å². The number of carboxylic acids is 2. The van der Waals surface area contributed by atoms with Crippen LogP contribution in [-0.4, -0.2) is 81.4 Å². The molecule has 9 nitrogen and oxygen atoms in total. The second kappa shape index (κ2) is 13.4. The molecule has 0 aliphatic carbocycles. The Morgan fingerprint density at radius 3 is 2.10 bits per heavy atom. The average Bonchev–Trinajstić information content (AvgIpc) is 3.50. The van der Waals surface area contributed by atoms with Gasteiger partial charge in [0.05, 0.1) is 18.9 Å². The van der Waals surface area contributed by atoms with Gasteiger partial charge in [-0.15, -0.1) is 0 Å². The van der Waals surface area contributed by atoms with Crippen molar-refractivity contribution < 1.29 is 55.4 Å². The fourth-order valence-electron chi connectivity index (χ4n) is 4.35. The Morgan fingerprint density at radius 2 is 1.59 bits per heavy atom. The van der Waals surface area contributed by atoms with Gasteiger partial charge in [-0.1, -0.05) is 6.07 Å². The highest BCUT2D eigenvalue weighted by Gasteiger charge is 2.42. The normalized spacial score (nSPS) is 19.5. The van der Waals surface area contributed by atoms with E-state index in [1.54, 1.807) is 18.7 Å². The molecule has 39 heavy (non-hydrogen) atoms. The van der Waals surface area contributed by atoms with E-state index in [4.69, 9.17) is 24.2 Å². The monoisotopic (exact) mass is 567 g/mol. The molecule has 1 unspecified atom stereocenters. The van der Waals surface area contributed by atoms with Gasteiger partial charge in [-0.2, -0.15) is 26.3 Å². The van der Waals surface area contributed by atoms with E-state index in [2.05, 4.69) is 14.8 Å². The quantitative estimate of drug-likeness (QED) is 0.532. The van der Waals surface area contributed by atoms with Gasteiger partial charge in [0, 0.05) is 49.6 Å². The third kappa shape index (κ3) is 10.6. The number of piperidine rings is 1. The number of rotatable bonds is 4. The first-order chi connectivity index (χ1) is 18.1. The third-order valence-corrected chi connectivity index (χ3v) is 6.08. The van der Waals surface area contributed by atoms with Crippen LogP contribution in [0.4, 0.5) is 26.3 Å². The van der Waals surface area contributed by atoms with Gasteiger partial charge in [0.15, 0.2) is 0 Å². The zero-order valence-electron chi connectivity index (χ0n) is 20.5. The van der Waals surface area contributed by atoms with Crippen LogP contribution in [0.25, 0.3) is 0 Å². The number of aliphatic carboxylic acids is 2. The van der Waals surface area contributed by atoms with Crippen molar-refractivity contribution in [3.05, 3.63) is 54.2 Å². The molecule has 1 spiro atoms. The Morgan fingerprint density at radius 1 is 0.949 bits per heavy atom. The van der Waals surface area contributed by atoms with E-state index in [-0.39, 0.29) is 11.3 Å². The van der Waals surface area contributed by atoms with Crippen LogP contribution in [0.1, 0.15) is 30.4 Å². The number of likely N-dealkylation sites (tertiary alicyclic amines) is 2. The number of nitrogens with zero attached hydrogens (tertiary/aromatic N) is 3. The highest BCUT2D eigenvalue weighted by Crippen LogP contribution is 2.39. The first-order valence-corrected chi connectivity index (χ1v) is 11.6. The maximum absolute atomic E-state index is 12.7. The zero-order valence-corrected chi connectivity index (χ0v) is 20.5. The topological polar surface area (TPSA) is 124 Å². The van der Waals surface area contributed by atoms with E-state index in [0.717, 1.165) is 44.7 Å². The number of alkyl halides is 6. The molecule has 0 radical (unpaired) electrons. The number of carboxylic acid groups (broad SMARTS) is 2. The summed E-state index contributed by atoms with van der Waals surface area (Å²) in [6.07, 6.45) is 0.918. The molecular weight excluding hydrogens is 540 g/mol. The molecule has 0 aromatic carbocycles. The third-order valence-electron chi connectivity index (χ3n) is 6.08. The van der Waals surface area contributed by atoms with Crippen LogP contribution in [0.5, 0.6) is 0 Å². The summed E-state index contributed by atoms with van der Waals surface area (Å²) in [7, 11) is 0. The maximum Gasteiger partial charge on any atom is 0.490 e. The summed E-state index contributed by atoms with van der Waals surface area (Å²) in [5.41, 5.74) is 2.50. The van der Waals surface area contributed by atoms with Crippen LogP contribution < -0.4 is 0 Å². The number of amides is 1. The second-order valence-electron chi connectivity index (χ2n) is 9.15. The van der Waals surface area contributed by atoms with Gasteiger partial charge in [-0.05, 0) is 43.5 Å². The number of carbonyl (C=O) groups is 3. The highest BCUT2D eigenvalue weighted by atomic mass is 19.4. The van der Waals surface area contributed by atoms with Crippen molar-refractivity contribution >= 4 is 17.8 Å². The second-order valence-corrected chi connectivity index (χ2v) is 9.15. The summed E-state index contributed by atoms with van der Waals surface area (Å²) < 4.78 is 68.7. The minimum Gasteiger partial charge on any atom is -0.475 e. The number of furan rings is 1. The molecular formula is C24H27F6N3O6. The summed E-state index contributed by atoms with van der Waals surface area (Å²) in [6.45, 7) is 4.92. The first-order valence-electron chi connectivity index (χ1n) is 11.6. The molecule has 0 saturated carbocycles. The number of pyridine rings is 1. The number of aromatic nitrogens is 1. The van der Waals surface area contributed by atoms with Crippen molar-refractivity contribution in [2.45, 2.75) is 44.6 Å². The van der Waals surface area contributed by atoms with Crippen molar-refractivity contribution in [3.8, 4) is 0 Å². The van der Waals surface area contributed by atoms with Crippen LogP contribution in [0.15, 0.2) is 47.5 Å². The van der Waals surface area contributed by atoms with Crippen molar-refractivity contribution in [1.82, 2.24) is 14.8 Å². The minimum atomic E-state index is -5.08. The standard InChI is InChI=1S/C20H25N3O2.2C2HF3O2/c24-19(11-17-3-1-7-21-12-17)23-8-2-5-20(16-23)6-9-22(15-20)13-18-4-10-25-14-18;2*3-2(4,5)1(6)7/h1,3-4,7,10,12,14H,2,5-6,8-9,11,13,15-16H2;2*(H,6,7). The summed E-state index contributed by atoms with van der Waals surface area (Å²) in [6, 6.07) is 5.91. The lowest BCUT2D eigenvalue weighted by Gasteiger charge is -2.40. The van der Waals surface area contributed by atoms with Crippen molar-refractivity contribution in [2.75, 3.05) is 26.2 Å². The Labute approximate surface area is 219 Å². The van der Waals surface area contributed by atoms with Gasteiger partial charge in [-0.3, -0.25) is 14.7 Å². The van der Waals surface area contributed by atoms with E-state index in [1.165, 1.54) is 18.4 Å². The molecule has 4 rings (SSSR count). The number of hydrogen-bond donors (Lipinski definition) is 2. The van der Waals surface area contributed by atoms with Gasteiger partial charge in [0.25, 0.3) is 0 Å². The number of carbonyl (C=O) groups excluding carboxylic acids is 1. The summed E-state index contributed by atoms with van der Waals surface area (Å²) in [4.78, 5) is 39.2. The molecule has 2 saturated heterocycles. The van der Waals surface area contributed by atoms with Crippen LogP contribution in [0.2, 0.25) is 0 Å².